The van der Waals surface area contributed by atoms with Crippen LogP contribution in [0, 0.1) is 19.8 Å². The van der Waals surface area contributed by atoms with Crippen molar-refractivity contribution in [3.63, 3.8) is 0 Å². The van der Waals surface area contributed by atoms with Crippen LogP contribution in [0.1, 0.15) is 22.6 Å². The summed E-state index contributed by atoms with van der Waals surface area (Å²) in [6.07, 6.45) is 1.36. The van der Waals surface area contributed by atoms with Crippen LogP contribution in [0.15, 0.2) is 11.0 Å². The zero-order valence-corrected chi connectivity index (χ0v) is 13.5. The molecule has 1 aliphatic heterocycles. The van der Waals surface area contributed by atoms with Gasteiger partial charge in [0.25, 0.3) is 0 Å². The molecule has 5 nitrogen and oxygen atoms in total. The second-order valence-electron chi connectivity index (χ2n) is 5.00. The van der Waals surface area contributed by atoms with Gasteiger partial charge in [0.15, 0.2) is 0 Å². The molecule has 2 rings (SSSR count). The van der Waals surface area contributed by atoms with Gasteiger partial charge in [-0.15, -0.1) is 11.3 Å². The fourth-order valence-corrected chi connectivity index (χ4v) is 5.57. The average Bonchev–Trinajstić information content (AvgIpc) is 2.77. The Morgan fingerprint density at radius 3 is 2.70 bits per heavy atom. The summed E-state index contributed by atoms with van der Waals surface area (Å²) in [5.74, 6) is -0.688. The van der Waals surface area contributed by atoms with E-state index in [0.29, 0.717) is 24.3 Å². The molecule has 1 aliphatic rings. The van der Waals surface area contributed by atoms with Gasteiger partial charge in [0.1, 0.15) is 0 Å². The first-order chi connectivity index (χ1) is 9.36. The molecule has 7 heteroatoms. The molecule has 0 spiro atoms. The SMILES string of the molecule is COC(=O)[C@H]1CCCN(S(=O)(=O)c2cc(C)sc2C)C1. The van der Waals surface area contributed by atoms with Crippen molar-refractivity contribution in [2.75, 3.05) is 20.2 Å². The number of sulfonamides is 1. The minimum atomic E-state index is -3.51. The summed E-state index contributed by atoms with van der Waals surface area (Å²) >= 11 is 1.47. The third-order valence-electron chi connectivity index (χ3n) is 3.53. The van der Waals surface area contributed by atoms with E-state index >= 15 is 0 Å². The number of piperidine rings is 1. The van der Waals surface area contributed by atoms with E-state index in [-0.39, 0.29) is 18.4 Å². The van der Waals surface area contributed by atoms with E-state index < -0.39 is 10.0 Å². The number of thiophene rings is 1. The molecule has 112 valence electrons. The Labute approximate surface area is 123 Å². The van der Waals surface area contributed by atoms with Crippen molar-refractivity contribution < 1.29 is 17.9 Å². The number of hydrogen-bond donors (Lipinski definition) is 0. The Kier molecular flexibility index (Phi) is 4.51. The van der Waals surface area contributed by atoms with Crippen LogP contribution in [0.25, 0.3) is 0 Å². The number of ether oxygens (including phenoxy) is 1. The van der Waals surface area contributed by atoms with Crippen molar-refractivity contribution in [2.24, 2.45) is 5.92 Å². The molecular weight excluding hydrogens is 298 g/mol. The van der Waals surface area contributed by atoms with E-state index in [1.807, 2.05) is 13.8 Å². The van der Waals surface area contributed by atoms with E-state index in [4.69, 9.17) is 4.74 Å². The van der Waals surface area contributed by atoms with E-state index in [1.165, 1.54) is 22.8 Å². The molecule has 1 saturated heterocycles. The number of esters is 1. The Balaban J connectivity index is 2.26. The minimum Gasteiger partial charge on any atom is -0.469 e. The molecule has 0 radical (unpaired) electrons. The molecule has 0 aromatic carbocycles. The van der Waals surface area contributed by atoms with Gasteiger partial charge in [0.2, 0.25) is 10.0 Å². The molecule has 1 aromatic rings. The Morgan fingerprint density at radius 2 is 2.15 bits per heavy atom. The van der Waals surface area contributed by atoms with Crippen LogP contribution in [-0.2, 0) is 19.6 Å². The van der Waals surface area contributed by atoms with Gasteiger partial charge in [-0.25, -0.2) is 8.42 Å². The van der Waals surface area contributed by atoms with Crippen molar-refractivity contribution in [3.05, 3.63) is 15.8 Å². The highest BCUT2D eigenvalue weighted by Crippen LogP contribution is 2.30. The number of hydrogen-bond acceptors (Lipinski definition) is 5. The molecule has 20 heavy (non-hydrogen) atoms. The zero-order valence-electron chi connectivity index (χ0n) is 11.9. The number of aryl methyl sites for hydroxylation is 2. The van der Waals surface area contributed by atoms with Crippen LogP contribution < -0.4 is 0 Å². The van der Waals surface area contributed by atoms with Gasteiger partial charge in [-0.05, 0) is 32.8 Å². The molecule has 0 saturated carbocycles. The molecule has 0 aliphatic carbocycles. The molecule has 1 fully saturated rings. The predicted octanol–water partition coefficient (Wildman–Crippen LogP) is 1.94. The van der Waals surface area contributed by atoms with Crippen LogP contribution in [0.4, 0.5) is 0 Å². The Bertz CT molecular complexity index is 606. The highest BCUT2D eigenvalue weighted by atomic mass is 32.2. The quantitative estimate of drug-likeness (QED) is 0.799. The van der Waals surface area contributed by atoms with E-state index in [2.05, 4.69) is 0 Å². The molecule has 1 atom stereocenters. The lowest BCUT2D eigenvalue weighted by atomic mass is 10.0. The number of rotatable bonds is 3. The van der Waals surface area contributed by atoms with Crippen molar-refractivity contribution in [2.45, 2.75) is 31.6 Å². The minimum absolute atomic E-state index is 0.212. The first kappa shape index (κ1) is 15.5. The van der Waals surface area contributed by atoms with E-state index in [9.17, 15) is 13.2 Å². The first-order valence-electron chi connectivity index (χ1n) is 6.51. The van der Waals surface area contributed by atoms with Crippen LogP contribution in [0.3, 0.4) is 0 Å². The summed E-state index contributed by atoms with van der Waals surface area (Å²) < 4.78 is 31.5. The smallest absolute Gasteiger partial charge is 0.309 e. The molecule has 0 amide bonds. The van der Waals surface area contributed by atoms with Crippen molar-refractivity contribution in [1.82, 2.24) is 4.31 Å². The average molecular weight is 317 g/mol. The van der Waals surface area contributed by atoms with Gasteiger partial charge in [0, 0.05) is 22.8 Å². The third kappa shape index (κ3) is 2.89. The highest BCUT2D eigenvalue weighted by Gasteiger charge is 2.34. The lowest BCUT2D eigenvalue weighted by Gasteiger charge is -2.30. The zero-order chi connectivity index (χ0) is 14.9. The van der Waals surface area contributed by atoms with Gasteiger partial charge in [-0.1, -0.05) is 0 Å². The monoisotopic (exact) mass is 317 g/mol. The van der Waals surface area contributed by atoms with Gasteiger partial charge in [0.05, 0.1) is 17.9 Å². The van der Waals surface area contributed by atoms with Crippen LogP contribution in [0.5, 0.6) is 0 Å². The second-order valence-corrected chi connectivity index (χ2v) is 8.37. The first-order valence-corrected chi connectivity index (χ1v) is 8.77. The summed E-state index contributed by atoms with van der Waals surface area (Å²) in [7, 11) is -2.18. The number of carbonyl (C=O) groups excluding carboxylic acids is 1. The fraction of sp³-hybridized carbons (Fsp3) is 0.615. The predicted molar refractivity (Wildman–Crippen MR) is 77.3 cm³/mol. The maximum absolute atomic E-state index is 12.7. The fourth-order valence-electron chi connectivity index (χ4n) is 2.52. The van der Waals surface area contributed by atoms with Gasteiger partial charge >= 0.3 is 5.97 Å². The standard InChI is InChI=1S/C13H19NO4S2/c1-9-7-12(10(2)19-9)20(16,17)14-6-4-5-11(8-14)13(15)18-3/h7,11H,4-6,8H2,1-3H3/t11-/m0/s1. The summed E-state index contributed by atoms with van der Waals surface area (Å²) in [5, 5.41) is 0. The second kappa shape index (κ2) is 5.83. The number of carbonyl (C=O) groups is 1. The summed E-state index contributed by atoms with van der Waals surface area (Å²) in [6, 6.07) is 1.71. The lowest BCUT2D eigenvalue weighted by Crippen LogP contribution is -2.42. The van der Waals surface area contributed by atoms with Crippen LogP contribution >= 0.6 is 11.3 Å². The maximum Gasteiger partial charge on any atom is 0.309 e. The van der Waals surface area contributed by atoms with Crippen molar-refractivity contribution in [3.8, 4) is 0 Å². The molecule has 0 unspecified atom stereocenters. The van der Waals surface area contributed by atoms with Crippen LogP contribution in [-0.4, -0.2) is 38.9 Å². The van der Waals surface area contributed by atoms with Crippen molar-refractivity contribution in [1.29, 1.82) is 0 Å². The molecule has 0 N–H and O–H groups in total. The largest absolute Gasteiger partial charge is 0.469 e. The normalized spacial score (nSPS) is 20.9. The molecular formula is C13H19NO4S2. The molecule has 1 aromatic heterocycles. The van der Waals surface area contributed by atoms with Crippen LogP contribution in [0.2, 0.25) is 0 Å². The summed E-state index contributed by atoms with van der Waals surface area (Å²) in [4.78, 5) is 13.7. The summed E-state index contributed by atoms with van der Waals surface area (Å²) in [5.41, 5.74) is 0. The molecule has 2 heterocycles. The Morgan fingerprint density at radius 1 is 1.45 bits per heavy atom. The van der Waals surface area contributed by atoms with E-state index in [0.717, 1.165) is 9.75 Å². The molecule has 0 bridgehead atoms. The van der Waals surface area contributed by atoms with Gasteiger partial charge < -0.3 is 4.74 Å². The highest BCUT2D eigenvalue weighted by molar-refractivity contribution is 7.89. The number of methoxy groups -OCH3 is 1. The Hall–Kier alpha value is -0.920. The topological polar surface area (TPSA) is 63.7 Å². The number of nitrogens with zero attached hydrogens (tertiary/aromatic N) is 1. The summed E-state index contributed by atoms with van der Waals surface area (Å²) in [6.45, 7) is 4.38. The van der Waals surface area contributed by atoms with E-state index in [1.54, 1.807) is 6.07 Å². The van der Waals surface area contributed by atoms with Gasteiger partial charge in [-0.2, -0.15) is 4.31 Å². The lowest BCUT2D eigenvalue weighted by molar-refractivity contribution is -0.146. The third-order valence-corrected chi connectivity index (χ3v) is 6.62. The van der Waals surface area contributed by atoms with Gasteiger partial charge in [-0.3, -0.25) is 4.79 Å². The van der Waals surface area contributed by atoms with Crippen molar-refractivity contribution >= 4 is 27.3 Å². The maximum atomic E-state index is 12.7.